The first-order valence-corrected chi connectivity index (χ1v) is 9.32. The van der Waals surface area contributed by atoms with E-state index in [0.29, 0.717) is 25.1 Å². The van der Waals surface area contributed by atoms with Gasteiger partial charge in [-0.3, -0.25) is 19.8 Å². The van der Waals surface area contributed by atoms with Crippen LogP contribution in [0.5, 0.6) is 0 Å². The zero-order chi connectivity index (χ0) is 19.5. The molecule has 28 heavy (non-hydrogen) atoms. The summed E-state index contributed by atoms with van der Waals surface area (Å²) in [6.45, 7) is 1.20. The second-order valence-corrected chi connectivity index (χ2v) is 7.01. The fourth-order valence-electron chi connectivity index (χ4n) is 3.76. The molecule has 0 spiro atoms. The maximum Gasteiger partial charge on any atom is 0.274 e. The molecule has 0 atom stereocenters. The number of benzene rings is 2. The standard InChI is InChI=1S/C22H21N3O3/c26-21(13-16-9-10-23-20-6-2-1-5-19(16)20)25-11-3-4-15-12-17(22(27)24-28)7-8-18(15)14-25/h1-2,5-10,12,28H,3-4,11,13-14H2,(H,24,27). The van der Waals surface area contributed by atoms with Crippen LogP contribution in [0, 0.1) is 0 Å². The number of hydroxylamine groups is 1. The summed E-state index contributed by atoms with van der Waals surface area (Å²) in [6, 6.07) is 15.1. The summed E-state index contributed by atoms with van der Waals surface area (Å²) < 4.78 is 0. The minimum atomic E-state index is -0.524. The molecule has 0 aliphatic carbocycles. The third kappa shape index (κ3) is 3.59. The van der Waals surface area contributed by atoms with Crippen molar-refractivity contribution in [2.45, 2.75) is 25.8 Å². The molecular weight excluding hydrogens is 354 g/mol. The Bertz CT molecular complexity index is 1040. The molecule has 6 nitrogen and oxygen atoms in total. The van der Waals surface area contributed by atoms with E-state index < -0.39 is 5.91 Å². The van der Waals surface area contributed by atoms with Gasteiger partial charge in [0.1, 0.15) is 0 Å². The van der Waals surface area contributed by atoms with Crippen molar-refractivity contribution < 1.29 is 14.8 Å². The summed E-state index contributed by atoms with van der Waals surface area (Å²) in [4.78, 5) is 30.9. The monoisotopic (exact) mass is 375 g/mol. The molecule has 2 aromatic carbocycles. The Hall–Kier alpha value is -3.25. The van der Waals surface area contributed by atoms with Crippen LogP contribution in [0.15, 0.2) is 54.7 Å². The zero-order valence-electron chi connectivity index (χ0n) is 15.4. The van der Waals surface area contributed by atoms with E-state index in [1.54, 1.807) is 23.8 Å². The lowest BCUT2D eigenvalue weighted by Gasteiger charge is -2.21. The molecule has 0 unspecified atom stereocenters. The normalized spacial score (nSPS) is 13.7. The van der Waals surface area contributed by atoms with Crippen molar-refractivity contribution >= 4 is 22.7 Å². The number of rotatable bonds is 3. The first-order valence-electron chi connectivity index (χ1n) is 9.32. The predicted octanol–water partition coefficient (Wildman–Crippen LogP) is 2.87. The number of fused-ring (bicyclic) bond motifs is 2. The molecular formula is C22H21N3O3. The number of nitrogens with zero attached hydrogens (tertiary/aromatic N) is 2. The average Bonchev–Trinajstić information content (AvgIpc) is 2.95. The highest BCUT2D eigenvalue weighted by molar-refractivity contribution is 5.93. The van der Waals surface area contributed by atoms with Crippen LogP contribution in [0.2, 0.25) is 0 Å². The number of para-hydroxylation sites is 1. The molecule has 4 rings (SSSR count). The number of aryl methyl sites for hydroxylation is 1. The molecule has 142 valence electrons. The molecule has 1 aliphatic heterocycles. The number of pyridine rings is 1. The van der Waals surface area contributed by atoms with Gasteiger partial charge in [0.15, 0.2) is 0 Å². The molecule has 1 aromatic heterocycles. The molecule has 0 saturated carbocycles. The van der Waals surface area contributed by atoms with E-state index >= 15 is 0 Å². The van der Waals surface area contributed by atoms with Crippen LogP contribution in [0.3, 0.4) is 0 Å². The second kappa shape index (κ2) is 7.78. The van der Waals surface area contributed by atoms with Crippen molar-refractivity contribution in [3.8, 4) is 0 Å². The number of aromatic nitrogens is 1. The first kappa shape index (κ1) is 18.1. The molecule has 0 bridgehead atoms. The summed E-state index contributed by atoms with van der Waals surface area (Å²) in [6.07, 6.45) is 3.71. The summed E-state index contributed by atoms with van der Waals surface area (Å²) in [5.41, 5.74) is 6.05. The SMILES string of the molecule is O=C(NO)c1ccc2c(c1)CCCN(C(=O)Cc1ccnc3ccccc13)C2. The molecule has 0 fully saturated rings. The van der Waals surface area contributed by atoms with Gasteiger partial charge in [-0.05, 0) is 53.8 Å². The number of carbonyl (C=O) groups excluding carboxylic acids is 2. The van der Waals surface area contributed by atoms with E-state index in [1.165, 1.54) is 0 Å². The van der Waals surface area contributed by atoms with Crippen molar-refractivity contribution in [3.63, 3.8) is 0 Å². The molecule has 2 N–H and O–H groups in total. The fourth-order valence-corrected chi connectivity index (χ4v) is 3.76. The average molecular weight is 375 g/mol. The Labute approximate surface area is 162 Å². The molecule has 0 radical (unpaired) electrons. The van der Waals surface area contributed by atoms with Crippen LogP contribution < -0.4 is 5.48 Å². The van der Waals surface area contributed by atoms with Gasteiger partial charge in [0, 0.05) is 30.2 Å². The van der Waals surface area contributed by atoms with E-state index in [-0.39, 0.29) is 5.91 Å². The molecule has 0 saturated heterocycles. The van der Waals surface area contributed by atoms with Crippen LogP contribution in [-0.4, -0.2) is 33.5 Å². The van der Waals surface area contributed by atoms with E-state index in [0.717, 1.165) is 40.4 Å². The van der Waals surface area contributed by atoms with Crippen LogP contribution in [0.1, 0.15) is 33.5 Å². The van der Waals surface area contributed by atoms with Crippen LogP contribution in [-0.2, 0) is 24.2 Å². The van der Waals surface area contributed by atoms with Crippen molar-refractivity contribution in [1.29, 1.82) is 0 Å². The third-order valence-electron chi connectivity index (χ3n) is 5.24. The topological polar surface area (TPSA) is 82.5 Å². The van der Waals surface area contributed by atoms with Crippen LogP contribution >= 0.6 is 0 Å². The van der Waals surface area contributed by atoms with Gasteiger partial charge < -0.3 is 4.90 Å². The Morgan fingerprint density at radius 1 is 1.11 bits per heavy atom. The molecule has 3 aromatic rings. The summed E-state index contributed by atoms with van der Waals surface area (Å²) in [5, 5.41) is 9.83. The zero-order valence-corrected chi connectivity index (χ0v) is 15.4. The van der Waals surface area contributed by atoms with Gasteiger partial charge in [-0.2, -0.15) is 0 Å². The maximum absolute atomic E-state index is 13.0. The Morgan fingerprint density at radius 2 is 1.96 bits per heavy atom. The largest absolute Gasteiger partial charge is 0.338 e. The van der Waals surface area contributed by atoms with Crippen molar-refractivity contribution in [1.82, 2.24) is 15.4 Å². The highest BCUT2D eigenvalue weighted by atomic mass is 16.5. The van der Waals surface area contributed by atoms with E-state index in [1.807, 2.05) is 41.3 Å². The van der Waals surface area contributed by atoms with Crippen molar-refractivity contribution in [2.24, 2.45) is 0 Å². The van der Waals surface area contributed by atoms with Gasteiger partial charge >= 0.3 is 0 Å². The lowest BCUT2D eigenvalue weighted by atomic mass is 10.0. The van der Waals surface area contributed by atoms with Crippen LogP contribution in [0.25, 0.3) is 10.9 Å². The van der Waals surface area contributed by atoms with Gasteiger partial charge in [-0.1, -0.05) is 24.3 Å². The molecule has 1 aliphatic rings. The van der Waals surface area contributed by atoms with Gasteiger partial charge in [0.2, 0.25) is 5.91 Å². The minimum Gasteiger partial charge on any atom is -0.338 e. The Kier molecular flexibility index (Phi) is 5.04. The lowest BCUT2D eigenvalue weighted by Crippen LogP contribution is -2.32. The summed E-state index contributed by atoms with van der Waals surface area (Å²) in [5.74, 6) is -0.439. The van der Waals surface area contributed by atoms with Crippen molar-refractivity contribution in [2.75, 3.05) is 6.54 Å². The maximum atomic E-state index is 13.0. The lowest BCUT2D eigenvalue weighted by molar-refractivity contribution is -0.131. The number of hydrogen-bond acceptors (Lipinski definition) is 4. The smallest absolute Gasteiger partial charge is 0.274 e. The quantitative estimate of drug-likeness (QED) is 0.545. The van der Waals surface area contributed by atoms with Gasteiger partial charge in [0.05, 0.1) is 11.9 Å². The molecule has 2 heterocycles. The van der Waals surface area contributed by atoms with E-state index in [2.05, 4.69) is 4.98 Å². The van der Waals surface area contributed by atoms with E-state index in [9.17, 15) is 9.59 Å². The highest BCUT2D eigenvalue weighted by Crippen LogP contribution is 2.22. The summed E-state index contributed by atoms with van der Waals surface area (Å²) in [7, 11) is 0. The number of nitrogens with one attached hydrogen (secondary N) is 1. The Morgan fingerprint density at radius 3 is 2.82 bits per heavy atom. The van der Waals surface area contributed by atoms with Gasteiger partial charge in [-0.15, -0.1) is 0 Å². The predicted molar refractivity (Wildman–Crippen MR) is 105 cm³/mol. The molecule has 6 heteroatoms. The second-order valence-electron chi connectivity index (χ2n) is 7.01. The van der Waals surface area contributed by atoms with Gasteiger partial charge in [-0.25, -0.2) is 5.48 Å². The summed E-state index contributed by atoms with van der Waals surface area (Å²) >= 11 is 0. The number of carbonyl (C=O) groups is 2. The first-order chi connectivity index (χ1) is 13.7. The number of amides is 2. The fraction of sp³-hybridized carbons (Fsp3) is 0.227. The number of hydrogen-bond donors (Lipinski definition) is 2. The Balaban J connectivity index is 1.55. The molecule has 2 amide bonds. The van der Waals surface area contributed by atoms with Crippen molar-refractivity contribution in [3.05, 3.63) is 77.0 Å². The minimum absolute atomic E-state index is 0.0846. The third-order valence-corrected chi connectivity index (χ3v) is 5.24. The highest BCUT2D eigenvalue weighted by Gasteiger charge is 2.21. The van der Waals surface area contributed by atoms with E-state index in [4.69, 9.17) is 5.21 Å². The van der Waals surface area contributed by atoms with Gasteiger partial charge in [0.25, 0.3) is 5.91 Å². The van der Waals surface area contributed by atoms with Crippen LogP contribution in [0.4, 0.5) is 0 Å².